The molecule has 3 nitrogen and oxygen atoms in total. The number of ether oxygens (including phenoxy) is 1. The van der Waals surface area contributed by atoms with Crippen LogP contribution in [0.1, 0.15) is 33.1 Å². The molecule has 3 unspecified atom stereocenters. The van der Waals surface area contributed by atoms with Crippen LogP contribution in [0.5, 0.6) is 0 Å². The van der Waals surface area contributed by atoms with Crippen LogP contribution in [0.4, 0.5) is 0 Å². The Hall–Kier alpha value is -0.120. The van der Waals surface area contributed by atoms with E-state index in [1.54, 1.807) is 7.11 Å². The summed E-state index contributed by atoms with van der Waals surface area (Å²) in [6.45, 7) is 10.6. The second kappa shape index (κ2) is 6.17. The Morgan fingerprint density at radius 1 is 1.29 bits per heavy atom. The van der Waals surface area contributed by atoms with E-state index in [1.807, 2.05) is 0 Å². The van der Waals surface area contributed by atoms with E-state index in [2.05, 4.69) is 23.6 Å². The lowest BCUT2D eigenvalue weighted by Crippen LogP contribution is -2.59. The Balaban J connectivity index is 1.86. The average Bonchev–Trinajstić information content (AvgIpc) is 2.30. The quantitative estimate of drug-likeness (QED) is 0.745. The zero-order chi connectivity index (χ0) is 12.3. The lowest BCUT2D eigenvalue weighted by atomic mass is 9.96. The highest BCUT2D eigenvalue weighted by Gasteiger charge is 2.33. The summed E-state index contributed by atoms with van der Waals surface area (Å²) in [5, 5.41) is 0. The van der Waals surface area contributed by atoms with Crippen molar-refractivity contribution in [1.82, 2.24) is 9.80 Å². The Labute approximate surface area is 106 Å². The molecule has 0 aromatic heterocycles. The third-order valence-corrected chi connectivity index (χ3v) is 4.31. The molecular formula is C14H28N2O. The SMILES string of the molecule is COCC(C)CN1CC2CCCCN2CC1C. The molecule has 0 aliphatic carbocycles. The highest BCUT2D eigenvalue weighted by molar-refractivity contribution is 4.89. The van der Waals surface area contributed by atoms with E-state index in [0.717, 1.165) is 12.6 Å². The number of fused-ring (bicyclic) bond motifs is 1. The van der Waals surface area contributed by atoms with E-state index in [-0.39, 0.29) is 0 Å². The summed E-state index contributed by atoms with van der Waals surface area (Å²) in [6, 6.07) is 1.54. The Kier molecular flexibility index (Phi) is 4.83. The summed E-state index contributed by atoms with van der Waals surface area (Å²) in [7, 11) is 1.80. The predicted octanol–water partition coefficient (Wildman–Crippen LogP) is 1.83. The molecular weight excluding hydrogens is 212 g/mol. The van der Waals surface area contributed by atoms with Gasteiger partial charge in [0.2, 0.25) is 0 Å². The molecule has 0 radical (unpaired) electrons. The van der Waals surface area contributed by atoms with Crippen molar-refractivity contribution in [3.63, 3.8) is 0 Å². The van der Waals surface area contributed by atoms with Crippen LogP contribution in [0.15, 0.2) is 0 Å². The number of piperazine rings is 1. The normalized spacial score (nSPS) is 33.4. The first kappa shape index (κ1) is 13.3. The molecule has 0 bridgehead atoms. The van der Waals surface area contributed by atoms with Crippen molar-refractivity contribution < 1.29 is 4.74 Å². The van der Waals surface area contributed by atoms with Crippen molar-refractivity contribution in [1.29, 1.82) is 0 Å². The molecule has 0 N–H and O–H groups in total. The van der Waals surface area contributed by atoms with Crippen molar-refractivity contribution in [2.24, 2.45) is 5.92 Å². The minimum absolute atomic E-state index is 0.651. The lowest BCUT2D eigenvalue weighted by Gasteiger charge is -2.48. The molecule has 0 spiro atoms. The van der Waals surface area contributed by atoms with Crippen LogP contribution in [-0.2, 0) is 4.74 Å². The van der Waals surface area contributed by atoms with Crippen molar-refractivity contribution in [3.8, 4) is 0 Å². The molecule has 2 aliphatic heterocycles. The molecule has 2 rings (SSSR count). The van der Waals surface area contributed by atoms with Gasteiger partial charge in [-0.15, -0.1) is 0 Å². The fourth-order valence-electron chi connectivity index (χ4n) is 3.40. The fourth-order valence-corrected chi connectivity index (χ4v) is 3.40. The zero-order valence-corrected chi connectivity index (χ0v) is 11.7. The van der Waals surface area contributed by atoms with Crippen LogP contribution < -0.4 is 0 Å². The average molecular weight is 240 g/mol. The molecule has 0 aromatic carbocycles. The van der Waals surface area contributed by atoms with Gasteiger partial charge in [-0.05, 0) is 32.2 Å². The molecule has 0 saturated carbocycles. The van der Waals surface area contributed by atoms with E-state index in [9.17, 15) is 0 Å². The van der Waals surface area contributed by atoms with E-state index in [4.69, 9.17) is 4.74 Å². The van der Waals surface area contributed by atoms with Gasteiger partial charge < -0.3 is 4.74 Å². The molecule has 2 fully saturated rings. The van der Waals surface area contributed by atoms with Gasteiger partial charge in [0.1, 0.15) is 0 Å². The van der Waals surface area contributed by atoms with Gasteiger partial charge >= 0.3 is 0 Å². The first-order chi connectivity index (χ1) is 8.20. The maximum atomic E-state index is 5.25. The van der Waals surface area contributed by atoms with E-state index >= 15 is 0 Å². The highest BCUT2D eigenvalue weighted by Crippen LogP contribution is 2.24. The Morgan fingerprint density at radius 2 is 2.12 bits per heavy atom. The second-order valence-electron chi connectivity index (χ2n) is 6.01. The standard InChI is InChI=1S/C14H28N2O/c1-12(11-17-3)8-16-10-14-6-4-5-7-15(14)9-13(16)2/h12-14H,4-11H2,1-3H3. The van der Waals surface area contributed by atoms with Gasteiger partial charge in [-0.3, -0.25) is 9.80 Å². The van der Waals surface area contributed by atoms with Crippen molar-refractivity contribution in [3.05, 3.63) is 0 Å². The van der Waals surface area contributed by atoms with E-state index in [1.165, 1.54) is 45.4 Å². The number of hydrogen-bond acceptors (Lipinski definition) is 3. The van der Waals surface area contributed by atoms with Gasteiger partial charge in [0.05, 0.1) is 0 Å². The summed E-state index contributed by atoms with van der Waals surface area (Å²) in [5.41, 5.74) is 0. The Bertz CT molecular complexity index is 234. The fraction of sp³-hybridized carbons (Fsp3) is 1.00. The van der Waals surface area contributed by atoms with Crippen LogP contribution in [0.3, 0.4) is 0 Å². The number of piperidine rings is 1. The monoisotopic (exact) mass is 240 g/mol. The van der Waals surface area contributed by atoms with E-state index in [0.29, 0.717) is 12.0 Å². The van der Waals surface area contributed by atoms with Crippen LogP contribution >= 0.6 is 0 Å². The third kappa shape index (κ3) is 3.43. The third-order valence-electron chi connectivity index (χ3n) is 4.31. The minimum atomic E-state index is 0.651. The van der Waals surface area contributed by atoms with Gasteiger partial charge in [0.15, 0.2) is 0 Å². The minimum Gasteiger partial charge on any atom is -0.384 e. The lowest BCUT2D eigenvalue weighted by molar-refractivity contribution is 0.00252. The van der Waals surface area contributed by atoms with Crippen LogP contribution in [0, 0.1) is 5.92 Å². The van der Waals surface area contributed by atoms with Gasteiger partial charge in [-0.25, -0.2) is 0 Å². The summed E-state index contributed by atoms with van der Waals surface area (Å²) >= 11 is 0. The van der Waals surface area contributed by atoms with Gasteiger partial charge in [-0.2, -0.15) is 0 Å². The largest absolute Gasteiger partial charge is 0.384 e. The summed E-state index contributed by atoms with van der Waals surface area (Å²) in [5.74, 6) is 0.651. The highest BCUT2D eigenvalue weighted by atomic mass is 16.5. The summed E-state index contributed by atoms with van der Waals surface area (Å²) in [6.07, 6.45) is 4.24. The van der Waals surface area contributed by atoms with Crippen LogP contribution in [-0.4, -0.2) is 61.8 Å². The first-order valence-electron chi connectivity index (χ1n) is 7.17. The molecule has 17 heavy (non-hydrogen) atoms. The maximum absolute atomic E-state index is 5.25. The molecule has 3 heteroatoms. The van der Waals surface area contributed by atoms with Crippen molar-refractivity contribution in [2.75, 3.05) is 39.9 Å². The smallest absolute Gasteiger partial charge is 0.0500 e. The van der Waals surface area contributed by atoms with Crippen LogP contribution in [0.2, 0.25) is 0 Å². The van der Waals surface area contributed by atoms with Gasteiger partial charge in [0, 0.05) is 45.4 Å². The molecule has 100 valence electrons. The number of rotatable bonds is 4. The maximum Gasteiger partial charge on any atom is 0.0500 e. The number of methoxy groups -OCH3 is 1. The second-order valence-corrected chi connectivity index (χ2v) is 6.01. The molecule has 0 aromatic rings. The molecule has 0 amide bonds. The summed E-state index contributed by atoms with van der Waals surface area (Å²) in [4.78, 5) is 5.39. The summed E-state index contributed by atoms with van der Waals surface area (Å²) < 4.78 is 5.25. The molecule has 2 aliphatic rings. The number of nitrogens with zero attached hydrogens (tertiary/aromatic N) is 2. The topological polar surface area (TPSA) is 15.7 Å². The number of hydrogen-bond donors (Lipinski definition) is 0. The van der Waals surface area contributed by atoms with E-state index < -0.39 is 0 Å². The zero-order valence-electron chi connectivity index (χ0n) is 11.7. The van der Waals surface area contributed by atoms with Gasteiger partial charge in [-0.1, -0.05) is 13.3 Å². The molecule has 3 atom stereocenters. The van der Waals surface area contributed by atoms with Crippen LogP contribution in [0.25, 0.3) is 0 Å². The molecule has 2 saturated heterocycles. The first-order valence-corrected chi connectivity index (χ1v) is 7.17. The van der Waals surface area contributed by atoms with Gasteiger partial charge in [0.25, 0.3) is 0 Å². The van der Waals surface area contributed by atoms with Crippen molar-refractivity contribution in [2.45, 2.75) is 45.2 Å². The Morgan fingerprint density at radius 3 is 2.88 bits per heavy atom. The predicted molar refractivity (Wildman–Crippen MR) is 71.3 cm³/mol. The van der Waals surface area contributed by atoms with Crippen molar-refractivity contribution >= 4 is 0 Å². The molecule has 2 heterocycles.